The first-order chi connectivity index (χ1) is 11.7. The van der Waals surface area contributed by atoms with Gasteiger partial charge in [-0.1, -0.05) is 19.3 Å². The molecule has 4 rings (SSSR count). The Balaban J connectivity index is 1.28. The van der Waals surface area contributed by atoms with Crippen LogP contribution < -0.4 is 10.6 Å². The Morgan fingerprint density at radius 3 is 2.92 bits per heavy atom. The first-order valence-corrected chi connectivity index (χ1v) is 9.45. The van der Waals surface area contributed by atoms with E-state index in [0.717, 1.165) is 51.6 Å². The van der Waals surface area contributed by atoms with Gasteiger partial charge in [0.15, 0.2) is 0 Å². The predicted molar refractivity (Wildman–Crippen MR) is 90.9 cm³/mol. The molecule has 3 aliphatic rings. The molecule has 1 saturated heterocycles. The number of carbonyl (C=O) groups is 1. The number of amides is 2. The lowest BCUT2D eigenvalue weighted by Crippen LogP contribution is -2.53. The van der Waals surface area contributed by atoms with Crippen LogP contribution in [0.5, 0.6) is 0 Å². The van der Waals surface area contributed by atoms with E-state index in [1.165, 1.54) is 30.5 Å². The molecule has 1 spiro atoms. The zero-order valence-corrected chi connectivity index (χ0v) is 14.3. The van der Waals surface area contributed by atoms with Gasteiger partial charge in [-0.05, 0) is 50.5 Å². The van der Waals surface area contributed by atoms with Crippen LogP contribution in [0.25, 0.3) is 0 Å². The molecule has 0 radical (unpaired) electrons. The molecule has 2 amide bonds. The fourth-order valence-corrected chi connectivity index (χ4v) is 4.65. The van der Waals surface area contributed by atoms with Crippen molar-refractivity contribution in [1.82, 2.24) is 20.8 Å². The van der Waals surface area contributed by atoms with Crippen LogP contribution in [0.2, 0.25) is 0 Å². The Hall–Kier alpha value is -1.56. The lowest BCUT2D eigenvalue weighted by Gasteiger charge is -2.43. The maximum absolute atomic E-state index is 12.4. The molecule has 2 unspecified atom stereocenters. The zero-order valence-electron chi connectivity index (χ0n) is 14.3. The largest absolute Gasteiger partial charge is 0.375 e. The van der Waals surface area contributed by atoms with Crippen LogP contribution >= 0.6 is 0 Å². The molecule has 3 N–H and O–H groups in total. The molecule has 1 aliphatic heterocycles. The summed E-state index contributed by atoms with van der Waals surface area (Å²) in [4.78, 5) is 12.4. The van der Waals surface area contributed by atoms with E-state index in [4.69, 9.17) is 4.74 Å². The van der Waals surface area contributed by atoms with Crippen molar-refractivity contribution >= 4 is 6.03 Å². The number of fused-ring (bicyclic) bond motifs is 1. The molecule has 0 aromatic carbocycles. The Labute approximate surface area is 143 Å². The van der Waals surface area contributed by atoms with Gasteiger partial charge in [0, 0.05) is 24.4 Å². The summed E-state index contributed by atoms with van der Waals surface area (Å²) in [5.74, 6) is 0. The standard InChI is InChI=1S/C18H28N4O2/c23-17(20-14-4-5-16-13(10-14)12-19-22-16)21-15-6-9-24-18(11-15)7-2-1-3-8-18/h12,14-15H,1-11H2,(H,19,22)(H2,20,21,23). The van der Waals surface area contributed by atoms with E-state index in [-0.39, 0.29) is 23.7 Å². The van der Waals surface area contributed by atoms with E-state index >= 15 is 0 Å². The number of hydrogen-bond acceptors (Lipinski definition) is 3. The van der Waals surface area contributed by atoms with Crippen molar-refractivity contribution in [1.29, 1.82) is 0 Å². The van der Waals surface area contributed by atoms with Crippen LogP contribution in [-0.2, 0) is 17.6 Å². The third kappa shape index (κ3) is 3.43. The third-order valence-electron chi connectivity index (χ3n) is 5.94. The molecule has 2 aliphatic carbocycles. The lowest BCUT2D eigenvalue weighted by atomic mass is 9.78. The second kappa shape index (κ2) is 6.75. The quantitative estimate of drug-likeness (QED) is 0.778. The van der Waals surface area contributed by atoms with Crippen LogP contribution in [0.15, 0.2) is 6.20 Å². The van der Waals surface area contributed by atoms with Crippen molar-refractivity contribution in [3.05, 3.63) is 17.5 Å². The first-order valence-electron chi connectivity index (χ1n) is 9.45. The third-order valence-corrected chi connectivity index (χ3v) is 5.94. The molecule has 2 fully saturated rings. The normalized spacial score (nSPS) is 29.0. The van der Waals surface area contributed by atoms with Crippen molar-refractivity contribution in [2.45, 2.75) is 81.9 Å². The van der Waals surface area contributed by atoms with Crippen molar-refractivity contribution in [3.8, 4) is 0 Å². The first kappa shape index (κ1) is 15.9. The minimum atomic E-state index is -0.0233. The SMILES string of the molecule is O=C(NC1CCc2[nH]ncc2C1)NC1CCOC2(CCCCC2)C1. The molecule has 0 bridgehead atoms. The van der Waals surface area contributed by atoms with E-state index in [2.05, 4.69) is 20.8 Å². The molecule has 2 heterocycles. The number of H-pyrrole nitrogens is 1. The maximum atomic E-state index is 12.4. The fraction of sp³-hybridized carbons (Fsp3) is 0.778. The van der Waals surface area contributed by atoms with Gasteiger partial charge in [-0.25, -0.2) is 4.79 Å². The zero-order chi connectivity index (χ0) is 16.4. The number of hydrogen-bond donors (Lipinski definition) is 3. The number of aryl methyl sites for hydroxylation is 1. The van der Waals surface area contributed by atoms with E-state index < -0.39 is 0 Å². The van der Waals surface area contributed by atoms with Gasteiger partial charge >= 0.3 is 6.03 Å². The highest BCUT2D eigenvalue weighted by atomic mass is 16.5. The summed E-state index contributed by atoms with van der Waals surface area (Å²) in [6.07, 6.45) is 12.7. The van der Waals surface area contributed by atoms with Gasteiger partial charge in [0.2, 0.25) is 0 Å². The number of aromatic nitrogens is 2. The van der Waals surface area contributed by atoms with Crippen molar-refractivity contribution < 1.29 is 9.53 Å². The molecule has 132 valence electrons. The van der Waals surface area contributed by atoms with Crippen molar-refractivity contribution in [2.75, 3.05) is 6.61 Å². The maximum Gasteiger partial charge on any atom is 0.315 e. The highest BCUT2D eigenvalue weighted by Crippen LogP contribution is 2.38. The minimum absolute atomic E-state index is 0.0233. The second-order valence-corrected chi connectivity index (χ2v) is 7.71. The van der Waals surface area contributed by atoms with Crippen molar-refractivity contribution in [2.24, 2.45) is 0 Å². The highest BCUT2D eigenvalue weighted by molar-refractivity contribution is 5.74. The summed E-state index contributed by atoms with van der Waals surface area (Å²) in [7, 11) is 0. The van der Waals surface area contributed by atoms with Gasteiger partial charge in [0.25, 0.3) is 0 Å². The molecule has 1 aromatic heterocycles. The van der Waals surface area contributed by atoms with Crippen LogP contribution in [0.4, 0.5) is 4.79 Å². The Kier molecular flexibility index (Phi) is 4.48. The molecule has 1 saturated carbocycles. The smallest absolute Gasteiger partial charge is 0.315 e. The number of ether oxygens (including phenoxy) is 1. The van der Waals surface area contributed by atoms with Gasteiger partial charge in [-0.3, -0.25) is 5.10 Å². The summed E-state index contributed by atoms with van der Waals surface area (Å²) in [6.45, 7) is 0.771. The van der Waals surface area contributed by atoms with Gasteiger partial charge in [-0.15, -0.1) is 0 Å². The molecule has 24 heavy (non-hydrogen) atoms. The van der Waals surface area contributed by atoms with Gasteiger partial charge < -0.3 is 15.4 Å². The van der Waals surface area contributed by atoms with Crippen LogP contribution in [-0.4, -0.2) is 40.5 Å². The molecule has 1 aromatic rings. The Morgan fingerprint density at radius 2 is 2.04 bits per heavy atom. The highest BCUT2D eigenvalue weighted by Gasteiger charge is 2.39. The summed E-state index contributed by atoms with van der Waals surface area (Å²) < 4.78 is 6.12. The molecule has 6 nitrogen and oxygen atoms in total. The predicted octanol–water partition coefficient (Wildman–Crippen LogP) is 2.45. The molecule has 6 heteroatoms. The number of nitrogens with zero attached hydrogens (tertiary/aromatic N) is 1. The van der Waals surface area contributed by atoms with Crippen LogP contribution in [0.3, 0.4) is 0 Å². The van der Waals surface area contributed by atoms with Crippen LogP contribution in [0.1, 0.15) is 62.6 Å². The second-order valence-electron chi connectivity index (χ2n) is 7.71. The van der Waals surface area contributed by atoms with E-state index in [1.54, 1.807) is 0 Å². The van der Waals surface area contributed by atoms with E-state index in [0.29, 0.717) is 0 Å². The monoisotopic (exact) mass is 332 g/mol. The average molecular weight is 332 g/mol. The van der Waals surface area contributed by atoms with Gasteiger partial charge in [-0.2, -0.15) is 5.10 Å². The topological polar surface area (TPSA) is 79.0 Å². The molecular formula is C18H28N4O2. The van der Waals surface area contributed by atoms with Crippen LogP contribution in [0, 0.1) is 0 Å². The van der Waals surface area contributed by atoms with Gasteiger partial charge in [0.05, 0.1) is 11.8 Å². The number of aromatic amines is 1. The summed E-state index contributed by atoms with van der Waals surface area (Å²) in [6, 6.07) is 0.424. The van der Waals surface area contributed by atoms with Gasteiger partial charge in [0.1, 0.15) is 0 Å². The minimum Gasteiger partial charge on any atom is -0.375 e. The summed E-state index contributed by atoms with van der Waals surface area (Å²) in [5, 5.41) is 13.5. The molecule has 2 atom stereocenters. The molecular weight excluding hydrogens is 304 g/mol. The van der Waals surface area contributed by atoms with E-state index in [1.807, 2.05) is 6.20 Å². The fourth-order valence-electron chi connectivity index (χ4n) is 4.65. The lowest BCUT2D eigenvalue weighted by molar-refractivity contribution is -0.107. The van der Waals surface area contributed by atoms with E-state index in [9.17, 15) is 4.79 Å². The number of nitrogens with one attached hydrogen (secondary N) is 3. The summed E-state index contributed by atoms with van der Waals surface area (Å²) >= 11 is 0. The number of rotatable bonds is 2. The average Bonchev–Trinajstić information content (AvgIpc) is 3.03. The number of carbonyl (C=O) groups excluding carboxylic acids is 1. The van der Waals surface area contributed by atoms with Crippen molar-refractivity contribution in [3.63, 3.8) is 0 Å². The Bertz CT molecular complexity index is 574. The summed E-state index contributed by atoms with van der Waals surface area (Å²) in [5.41, 5.74) is 2.49. The number of urea groups is 1. The Morgan fingerprint density at radius 1 is 1.21 bits per heavy atom.